The lowest BCUT2D eigenvalue weighted by Crippen LogP contribution is -2.27. The molecule has 4 nitrogen and oxygen atoms in total. The monoisotopic (exact) mass is 262 g/mol. The third-order valence-corrected chi connectivity index (χ3v) is 3.94. The summed E-state index contributed by atoms with van der Waals surface area (Å²) in [5, 5.41) is 6.87. The summed E-state index contributed by atoms with van der Waals surface area (Å²) in [4.78, 5) is 8.57. The molecule has 1 aliphatic carbocycles. The fourth-order valence-corrected chi connectivity index (χ4v) is 2.79. The van der Waals surface area contributed by atoms with E-state index in [9.17, 15) is 0 Å². The van der Waals surface area contributed by atoms with Crippen LogP contribution in [-0.4, -0.2) is 22.6 Å². The van der Waals surface area contributed by atoms with Crippen molar-refractivity contribution in [3.63, 3.8) is 0 Å². The Labute approximate surface area is 116 Å². The molecule has 0 amide bonds. The second-order valence-corrected chi connectivity index (χ2v) is 5.50. The summed E-state index contributed by atoms with van der Waals surface area (Å²) in [5.74, 6) is 2.75. The second-order valence-electron chi connectivity index (χ2n) is 5.50. The van der Waals surface area contributed by atoms with E-state index in [1.807, 2.05) is 6.07 Å². The van der Waals surface area contributed by atoms with Gasteiger partial charge in [-0.3, -0.25) is 0 Å². The van der Waals surface area contributed by atoms with E-state index < -0.39 is 0 Å². The predicted molar refractivity (Wildman–Crippen MR) is 80.5 cm³/mol. The normalized spacial score (nSPS) is 23.1. The minimum Gasteiger partial charge on any atom is -0.370 e. The van der Waals surface area contributed by atoms with Crippen molar-refractivity contribution in [3.05, 3.63) is 12.4 Å². The second kappa shape index (κ2) is 7.31. The lowest BCUT2D eigenvalue weighted by atomic mass is 9.84. The fraction of sp³-hybridized carbons (Fsp3) is 0.733. The van der Waals surface area contributed by atoms with Crippen LogP contribution in [0.2, 0.25) is 0 Å². The van der Waals surface area contributed by atoms with Gasteiger partial charge in [0.2, 0.25) is 0 Å². The van der Waals surface area contributed by atoms with E-state index in [4.69, 9.17) is 0 Å². The molecule has 2 N–H and O–H groups in total. The number of aromatic nitrogens is 2. The first-order valence-electron chi connectivity index (χ1n) is 7.64. The van der Waals surface area contributed by atoms with Crippen molar-refractivity contribution in [1.82, 2.24) is 9.97 Å². The van der Waals surface area contributed by atoms with E-state index >= 15 is 0 Å². The van der Waals surface area contributed by atoms with E-state index in [-0.39, 0.29) is 0 Å². The summed E-state index contributed by atoms with van der Waals surface area (Å²) in [7, 11) is 0. The molecule has 1 fully saturated rings. The first-order chi connectivity index (χ1) is 9.31. The zero-order chi connectivity index (χ0) is 13.5. The van der Waals surface area contributed by atoms with Gasteiger partial charge in [0, 0.05) is 18.7 Å². The summed E-state index contributed by atoms with van der Waals surface area (Å²) in [6, 6.07) is 2.60. The third-order valence-electron chi connectivity index (χ3n) is 3.94. The Kier molecular flexibility index (Phi) is 5.43. The Balaban J connectivity index is 1.90. The highest BCUT2D eigenvalue weighted by Gasteiger charge is 2.20. The average molecular weight is 262 g/mol. The molecule has 2 unspecified atom stereocenters. The molecule has 4 heteroatoms. The van der Waals surface area contributed by atoms with Crippen LogP contribution >= 0.6 is 0 Å². The summed E-state index contributed by atoms with van der Waals surface area (Å²) >= 11 is 0. The van der Waals surface area contributed by atoms with Crippen molar-refractivity contribution in [1.29, 1.82) is 0 Å². The van der Waals surface area contributed by atoms with Crippen molar-refractivity contribution in [2.24, 2.45) is 5.92 Å². The van der Waals surface area contributed by atoms with Crippen LogP contribution in [0.5, 0.6) is 0 Å². The van der Waals surface area contributed by atoms with E-state index in [1.54, 1.807) is 6.33 Å². The number of nitrogens with zero attached hydrogens (tertiary/aromatic N) is 2. The topological polar surface area (TPSA) is 49.8 Å². The summed E-state index contributed by atoms with van der Waals surface area (Å²) in [6.45, 7) is 5.41. The van der Waals surface area contributed by atoms with Gasteiger partial charge in [0.15, 0.2) is 0 Å². The van der Waals surface area contributed by atoms with Gasteiger partial charge in [-0.2, -0.15) is 0 Å². The van der Waals surface area contributed by atoms with Crippen LogP contribution in [0.3, 0.4) is 0 Å². The lowest BCUT2D eigenvalue weighted by molar-refractivity contribution is 0.327. The van der Waals surface area contributed by atoms with Gasteiger partial charge in [-0.1, -0.05) is 33.1 Å². The predicted octanol–water partition coefficient (Wildman–Crippen LogP) is 3.68. The van der Waals surface area contributed by atoms with Crippen molar-refractivity contribution >= 4 is 11.6 Å². The number of hydrogen-bond donors (Lipinski definition) is 2. The third kappa shape index (κ3) is 4.37. The van der Waals surface area contributed by atoms with Crippen LogP contribution in [0.15, 0.2) is 12.4 Å². The summed E-state index contributed by atoms with van der Waals surface area (Å²) < 4.78 is 0. The smallest absolute Gasteiger partial charge is 0.131 e. The molecule has 0 bridgehead atoms. The molecule has 0 saturated heterocycles. The molecular weight excluding hydrogens is 236 g/mol. The zero-order valence-electron chi connectivity index (χ0n) is 12.2. The SMILES string of the molecule is CCCNc1cc(NC2CCCC(CC)C2)ncn1. The average Bonchev–Trinajstić information content (AvgIpc) is 2.46. The quantitative estimate of drug-likeness (QED) is 0.821. The van der Waals surface area contributed by atoms with Crippen LogP contribution < -0.4 is 10.6 Å². The van der Waals surface area contributed by atoms with Crippen LogP contribution in [-0.2, 0) is 0 Å². The first-order valence-corrected chi connectivity index (χ1v) is 7.64. The van der Waals surface area contributed by atoms with Crippen molar-refractivity contribution < 1.29 is 0 Å². The van der Waals surface area contributed by atoms with Crippen LogP contribution in [0.25, 0.3) is 0 Å². The van der Waals surface area contributed by atoms with Crippen LogP contribution in [0.1, 0.15) is 52.4 Å². The maximum absolute atomic E-state index is 4.33. The molecule has 2 rings (SSSR count). The van der Waals surface area contributed by atoms with Gasteiger partial charge < -0.3 is 10.6 Å². The number of rotatable bonds is 6. The molecule has 1 heterocycles. The van der Waals surface area contributed by atoms with Gasteiger partial charge in [0.25, 0.3) is 0 Å². The molecule has 1 aliphatic rings. The Morgan fingerprint density at radius 2 is 2.05 bits per heavy atom. The standard InChI is InChI=1S/C15H26N4/c1-3-8-16-14-10-15(18-11-17-14)19-13-7-5-6-12(4-2)9-13/h10-13H,3-9H2,1-2H3,(H2,16,17,18,19). The highest BCUT2D eigenvalue weighted by atomic mass is 15.1. The minimum atomic E-state index is 0.577. The number of hydrogen-bond acceptors (Lipinski definition) is 4. The molecule has 1 saturated carbocycles. The largest absolute Gasteiger partial charge is 0.370 e. The number of anilines is 2. The molecule has 19 heavy (non-hydrogen) atoms. The van der Waals surface area contributed by atoms with Crippen molar-refractivity contribution in [2.75, 3.05) is 17.2 Å². The van der Waals surface area contributed by atoms with Gasteiger partial charge in [-0.15, -0.1) is 0 Å². The van der Waals surface area contributed by atoms with E-state index in [2.05, 4.69) is 34.4 Å². The maximum Gasteiger partial charge on any atom is 0.131 e. The molecule has 0 spiro atoms. The molecule has 2 atom stereocenters. The summed E-state index contributed by atoms with van der Waals surface area (Å²) in [6.07, 6.45) is 9.31. The van der Waals surface area contributed by atoms with Crippen LogP contribution in [0, 0.1) is 5.92 Å². The fourth-order valence-electron chi connectivity index (χ4n) is 2.79. The van der Waals surface area contributed by atoms with E-state index in [0.29, 0.717) is 6.04 Å². The first kappa shape index (κ1) is 14.1. The van der Waals surface area contributed by atoms with E-state index in [0.717, 1.165) is 30.5 Å². The van der Waals surface area contributed by atoms with E-state index in [1.165, 1.54) is 32.1 Å². The molecular formula is C15H26N4. The summed E-state index contributed by atoms with van der Waals surface area (Å²) in [5.41, 5.74) is 0. The van der Waals surface area contributed by atoms with Crippen molar-refractivity contribution in [2.45, 2.75) is 58.4 Å². The van der Waals surface area contributed by atoms with Gasteiger partial charge in [0.1, 0.15) is 18.0 Å². The highest BCUT2D eigenvalue weighted by Crippen LogP contribution is 2.28. The maximum atomic E-state index is 4.33. The Morgan fingerprint density at radius 1 is 1.21 bits per heavy atom. The Bertz CT molecular complexity index is 380. The molecule has 0 aromatic carbocycles. The Hall–Kier alpha value is -1.32. The van der Waals surface area contributed by atoms with Crippen LogP contribution in [0.4, 0.5) is 11.6 Å². The molecule has 1 aromatic heterocycles. The molecule has 0 aliphatic heterocycles. The zero-order valence-corrected chi connectivity index (χ0v) is 12.2. The van der Waals surface area contributed by atoms with Gasteiger partial charge >= 0.3 is 0 Å². The van der Waals surface area contributed by atoms with Gasteiger partial charge in [0.05, 0.1) is 0 Å². The molecule has 0 radical (unpaired) electrons. The van der Waals surface area contributed by atoms with Gasteiger partial charge in [-0.05, 0) is 25.2 Å². The molecule has 106 valence electrons. The Morgan fingerprint density at radius 3 is 2.84 bits per heavy atom. The number of nitrogens with one attached hydrogen (secondary N) is 2. The molecule has 1 aromatic rings. The highest BCUT2D eigenvalue weighted by molar-refractivity contribution is 5.46. The minimum absolute atomic E-state index is 0.577. The lowest BCUT2D eigenvalue weighted by Gasteiger charge is -2.29. The van der Waals surface area contributed by atoms with Gasteiger partial charge in [-0.25, -0.2) is 9.97 Å². The van der Waals surface area contributed by atoms with Crippen molar-refractivity contribution in [3.8, 4) is 0 Å².